The third kappa shape index (κ3) is 7.33. The van der Waals surface area contributed by atoms with Gasteiger partial charge in [0.05, 0.1) is 23.3 Å². The Labute approximate surface area is 196 Å². The Bertz CT molecular complexity index is 927. The molecule has 0 saturated heterocycles. The number of nitrogens with zero attached hydrogens (tertiary/aromatic N) is 3. The van der Waals surface area contributed by atoms with Gasteiger partial charge in [-0.2, -0.15) is 0 Å². The molecule has 0 bridgehead atoms. The number of hydrogen-bond donors (Lipinski definition) is 1. The fraction of sp³-hybridized carbons (Fsp3) is 0.571. The van der Waals surface area contributed by atoms with Crippen LogP contribution in [0.4, 0.5) is 10.9 Å². The second-order valence-electron chi connectivity index (χ2n) is 7.15. The zero-order valence-corrected chi connectivity index (χ0v) is 20.7. The monoisotopic (exact) mass is 482 g/mol. The summed E-state index contributed by atoms with van der Waals surface area (Å²) in [5.74, 6) is 0.191. The van der Waals surface area contributed by atoms with E-state index in [-0.39, 0.29) is 24.2 Å². The van der Waals surface area contributed by atoms with Crippen LogP contribution in [0, 0.1) is 13.8 Å². The van der Waals surface area contributed by atoms with E-state index >= 15 is 0 Å². The van der Waals surface area contributed by atoms with Gasteiger partial charge in [-0.15, -0.1) is 11.8 Å². The number of aromatic nitrogens is 2. The summed E-state index contributed by atoms with van der Waals surface area (Å²) in [7, 11) is 0. The van der Waals surface area contributed by atoms with Crippen LogP contribution < -0.4 is 10.2 Å². The average molecular weight is 483 g/mol. The first kappa shape index (κ1) is 25.9. The summed E-state index contributed by atoms with van der Waals surface area (Å²) in [6.45, 7) is 9.80. The van der Waals surface area contributed by atoms with Gasteiger partial charge in [0.15, 0.2) is 10.9 Å². The lowest BCUT2D eigenvalue weighted by Crippen LogP contribution is -2.34. The zero-order valence-electron chi connectivity index (χ0n) is 19.1. The van der Waals surface area contributed by atoms with Crippen LogP contribution in [0.5, 0.6) is 0 Å². The van der Waals surface area contributed by atoms with E-state index in [2.05, 4.69) is 22.4 Å². The van der Waals surface area contributed by atoms with E-state index in [9.17, 15) is 14.4 Å². The van der Waals surface area contributed by atoms with Gasteiger partial charge in [-0.3, -0.25) is 14.5 Å². The molecule has 0 aromatic carbocycles. The highest BCUT2D eigenvalue weighted by atomic mass is 32.2. The summed E-state index contributed by atoms with van der Waals surface area (Å²) in [5, 5.41) is 6.42. The molecule has 0 aliphatic heterocycles. The second-order valence-corrected chi connectivity index (χ2v) is 9.46. The van der Waals surface area contributed by atoms with Crippen molar-refractivity contribution in [2.45, 2.75) is 59.1 Å². The maximum Gasteiger partial charge on any atom is 0.350 e. The van der Waals surface area contributed by atoms with Gasteiger partial charge in [0.2, 0.25) is 11.8 Å². The number of ether oxygens (including phenoxy) is 1. The van der Waals surface area contributed by atoms with Crippen LogP contribution in [0.15, 0.2) is 10.6 Å². The largest absolute Gasteiger partial charge is 0.462 e. The third-order valence-electron chi connectivity index (χ3n) is 4.47. The van der Waals surface area contributed by atoms with Crippen molar-refractivity contribution in [3.63, 3.8) is 0 Å². The number of esters is 1. The highest BCUT2D eigenvalue weighted by Gasteiger charge is 2.25. The molecule has 2 aromatic rings. The van der Waals surface area contributed by atoms with Crippen molar-refractivity contribution in [2.24, 2.45) is 0 Å². The van der Waals surface area contributed by atoms with Crippen molar-refractivity contribution in [2.75, 3.05) is 29.1 Å². The summed E-state index contributed by atoms with van der Waals surface area (Å²) < 4.78 is 10.0. The molecule has 32 heavy (non-hydrogen) atoms. The Hall–Kier alpha value is -2.40. The predicted molar refractivity (Wildman–Crippen MR) is 126 cm³/mol. The highest BCUT2D eigenvalue weighted by Crippen LogP contribution is 2.28. The number of nitrogens with one attached hydrogen (secondary N) is 1. The van der Waals surface area contributed by atoms with E-state index in [0.717, 1.165) is 30.6 Å². The molecule has 0 fully saturated rings. The van der Waals surface area contributed by atoms with Gasteiger partial charge in [0.1, 0.15) is 10.6 Å². The van der Waals surface area contributed by atoms with Gasteiger partial charge in [0.25, 0.3) is 0 Å². The van der Waals surface area contributed by atoms with Gasteiger partial charge < -0.3 is 14.6 Å². The minimum atomic E-state index is -0.471. The number of anilines is 2. The molecule has 1 unspecified atom stereocenters. The Kier molecular flexibility index (Phi) is 10.2. The number of unbranched alkanes of at least 4 members (excludes halogenated alkanes) is 2. The van der Waals surface area contributed by atoms with E-state index in [1.165, 1.54) is 11.8 Å². The molecule has 0 radical (unpaired) electrons. The van der Waals surface area contributed by atoms with Crippen LogP contribution in [-0.2, 0) is 14.3 Å². The lowest BCUT2D eigenvalue weighted by atomic mass is 10.2. The van der Waals surface area contributed by atoms with Gasteiger partial charge in [-0.25, -0.2) is 9.78 Å². The summed E-state index contributed by atoms with van der Waals surface area (Å²) in [4.78, 5) is 44.0. The van der Waals surface area contributed by atoms with Crippen molar-refractivity contribution in [1.82, 2.24) is 10.1 Å². The highest BCUT2D eigenvalue weighted by molar-refractivity contribution is 8.01. The van der Waals surface area contributed by atoms with Crippen molar-refractivity contribution >= 4 is 51.8 Å². The van der Waals surface area contributed by atoms with Crippen LogP contribution in [0.2, 0.25) is 0 Å². The molecule has 0 spiro atoms. The molecular formula is C21H30N4O5S2. The number of hydrogen-bond acceptors (Lipinski definition) is 9. The molecule has 0 aliphatic carbocycles. The molecule has 1 N–H and O–H groups in total. The Morgan fingerprint density at radius 3 is 2.66 bits per heavy atom. The topological polar surface area (TPSA) is 115 Å². The van der Waals surface area contributed by atoms with Gasteiger partial charge in [-0.1, -0.05) is 36.3 Å². The molecule has 0 saturated carbocycles. The fourth-order valence-corrected chi connectivity index (χ4v) is 4.50. The maximum absolute atomic E-state index is 13.0. The minimum absolute atomic E-state index is 0.103. The van der Waals surface area contributed by atoms with E-state index in [0.29, 0.717) is 33.8 Å². The van der Waals surface area contributed by atoms with Gasteiger partial charge >= 0.3 is 5.97 Å². The molecule has 2 heterocycles. The summed E-state index contributed by atoms with van der Waals surface area (Å²) >= 11 is 2.39. The number of thioether (sulfide) groups is 1. The normalized spacial score (nSPS) is 11.8. The van der Waals surface area contributed by atoms with E-state index in [1.54, 1.807) is 38.7 Å². The fourth-order valence-electron chi connectivity index (χ4n) is 2.73. The Morgan fingerprint density at radius 2 is 2.03 bits per heavy atom. The van der Waals surface area contributed by atoms with Crippen LogP contribution in [0.25, 0.3) is 0 Å². The molecule has 1 atom stereocenters. The third-order valence-corrected chi connectivity index (χ3v) is 6.76. The number of thiazole rings is 1. The number of carbonyl (C=O) groups is 3. The predicted octanol–water partition coefficient (Wildman–Crippen LogP) is 4.21. The van der Waals surface area contributed by atoms with E-state index in [1.807, 2.05) is 0 Å². The average Bonchev–Trinajstić information content (AvgIpc) is 3.34. The van der Waals surface area contributed by atoms with Crippen LogP contribution in [-0.4, -0.2) is 52.1 Å². The SMILES string of the molecule is CCCCCN(C(=O)CSC(C)C(=O)Nc1cc(C)on1)c1nc(C)c(C(=O)OCC)s1. The number of amides is 2. The van der Waals surface area contributed by atoms with Crippen molar-refractivity contribution in [3.8, 4) is 0 Å². The summed E-state index contributed by atoms with van der Waals surface area (Å²) in [6.07, 6.45) is 2.81. The summed E-state index contributed by atoms with van der Waals surface area (Å²) in [5.41, 5.74) is 0.542. The lowest BCUT2D eigenvalue weighted by Gasteiger charge is -2.20. The molecule has 176 valence electrons. The number of rotatable bonds is 12. The van der Waals surface area contributed by atoms with Crippen molar-refractivity contribution in [3.05, 3.63) is 22.4 Å². The first-order valence-electron chi connectivity index (χ1n) is 10.6. The summed E-state index contributed by atoms with van der Waals surface area (Å²) in [6, 6.07) is 1.63. The first-order chi connectivity index (χ1) is 15.3. The zero-order chi connectivity index (χ0) is 23.7. The van der Waals surface area contributed by atoms with Gasteiger partial charge in [-0.05, 0) is 34.1 Å². The molecule has 0 aliphatic rings. The molecule has 2 aromatic heterocycles. The molecule has 2 rings (SSSR count). The quantitative estimate of drug-likeness (QED) is 0.353. The Morgan fingerprint density at radius 1 is 1.28 bits per heavy atom. The molecule has 9 nitrogen and oxygen atoms in total. The van der Waals surface area contributed by atoms with E-state index < -0.39 is 11.2 Å². The Balaban J connectivity index is 2.04. The molecular weight excluding hydrogens is 452 g/mol. The van der Waals surface area contributed by atoms with Gasteiger partial charge in [0, 0.05) is 12.6 Å². The van der Waals surface area contributed by atoms with Crippen molar-refractivity contribution < 1.29 is 23.6 Å². The molecule has 11 heteroatoms. The smallest absolute Gasteiger partial charge is 0.350 e. The number of carbonyl (C=O) groups excluding carboxylic acids is 3. The molecule has 2 amide bonds. The second kappa shape index (κ2) is 12.6. The van der Waals surface area contributed by atoms with Crippen LogP contribution in [0.3, 0.4) is 0 Å². The lowest BCUT2D eigenvalue weighted by molar-refractivity contribution is -0.116. The standard InChI is InChI=1S/C21H30N4O5S2/c1-6-8-9-10-25(21-22-14(4)18(32-21)20(28)29-7-2)17(26)12-31-15(5)19(27)23-16-11-13(3)30-24-16/h11,15H,6-10,12H2,1-5H3,(H,23,24,27). The maximum atomic E-state index is 13.0. The van der Waals surface area contributed by atoms with E-state index in [4.69, 9.17) is 9.26 Å². The first-order valence-corrected chi connectivity index (χ1v) is 12.4. The van der Waals surface area contributed by atoms with Crippen molar-refractivity contribution in [1.29, 1.82) is 0 Å². The minimum Gasteiger partial charge on any atom is -0.462 e. The van der Waals surface area contributed by atoms with Crippen LogP contribution in [0.1, 0.15) is 61.2 Å². The number of aryl methyl sites for hydroxylation is 2. The van der Waals surface area contributed by atoms with Crippen LogP contribution >= 0.6 is 23.1 Å².